The Morgan fingerprint density at radius 1 is 1.00 bits per heavy atom. The lowest BCUT2D eigenvalue weighted by molar-refractivity contribution is 0.0982. The van der Waals surface area contributed by atoms with Crippen LogP contribution in [0, 0.1) is 0 Å². The van der Waals surface area contributed by atoms with Gasteiger partial charge in [0.2, 0.25) is 0 Å². The van der Waals surface area contributed by atoms with E-state index in [2.05, 4.69) is 15.5 Å². The molecule has 0 unspecified atom stereocenters. The number of carbonyl (C=O) groups excluding carboxylic acids is 1. The molecule has 0 bridgehead atoms. The van der Waals surface area contributed by atoms with E-state index in [0.29, 0.717) is 24.6 Å². The van der Waals surface area contributed by atoms with Crippen LogP contribution in [-0.2, 0) is 6.54 Å². The van der Waals surface area contributed by atoms with E-state index in [1.807, 2.05) is 61.5 Å². The molecule has 2 aromatic carbocycles. The zero-order valence-electron chi connectivity index (χ0n) is 15.4. The fourth-order valence-corrected chi connectivity index (χ4v) is 2.67. The molecule has 27 heavy (non-hydrogen) atoms. The summed E-state index contributed by atoms with van der Waals surface area (Å²) in [5, 5.41) is 11.4. The lowest BCUT2D eigenvalue weighted by atomic mass is 10.2. The maximum Gasteiger partial charge on any atom is 0.278 e. The summed E-state index contributed by atoms with van der Waals surface area (Å²) in [6.07, 6.45) is 0. The van der Waals surface area contributed by atoms with Gasteiger partial charge < -0.3 is 15.0 Å². The van der Waals surface area contributed by atoms with Crippen LogP contribution in [0.5, 0.6) is 5.75 Å². The summed E-state index contributed by atoms with van der Waals surface area (Å²) in [5.41, 5.74) is 2.25. The van der Waals surface area contributed by atoms with E-state index in [4.69, 9.17) is 4.74 Å². The number of para-hydroxylation sites is 1. The summed E-state index contributed by atoms with van der Waals surface area (Å²) in [4.78, 5) is 14.4. The van der Waals surface area contributed by atoms with Crippen molar-refractivity contribution in [1.29, 1.82) is 0 Å². The van der Waals surface area contributed by atoms with Crippen molar-refractivity contribution in [3.05, 3.63) is 78.0 Å². The molecule has 0 fully saturated rings. The summed E-state index contributed by atoms with van der Waals surface area (Å²) in [6.45, 7) is 3.10. The molecular formula is C21H22N4O2. The Hall–Kier alpha value is -3.41. The molecule has 0 spiro atoms. The summed E-state index contributed by atoms with van der Waals surface area (Å²) in [7, 11) is 1.64. The highest BCUT2D eigenvalue weighted by molar-refractivity contribution is 6.04. The number of benzene rings is 2. The maximum absolute atomic E-state index is 12.7. The molecule has 1 heterocycles. The van der Waals surface area contributed by atoms with Crippen LogP contribution in [-0.4, -0.2) is 29.8 Å². The summed E-state index contributed by atoms with van der Waals surface area (Å²) >= 11 is 0. The number of ether oxygens (including phenoxy) is 1. The molecule has 6 nitrogen and oxygen atoms in total. The highest BCUT2D eigenvalue weighted by Crippen LogP contribution is 2.16. The van der Waals surface area contributed by atoms with Gasteiger partial charge in [-0.2, -0.15) is 0 Å². The molecule has 3 aromatic rings. The minimum absolute atomic E-state index is 0.169. The zero-order valence-corrected chi connectivity index (χ0v) is 15.4. The van der Waals surface area contributed by atoms with Crippen LogP contribution in [0.1, 0.15) is 23.0 Å². The Balaban J connectivity index is 1.64. The van der Waals surface area contributed by atoms with Gasteiger partial charge in [-0.1, -0.05) is 30.3 Å². The molecule has 0 radical (unpaired) electrons. The lowest BCUT2D eigenvalue weighted by Crippen LogP contribution is -2.31. The Kier molecular flexibility index (Phi) is 5.99. The summed E-state index contributed by atoms with van der Waals surface area (Å²) < 4.78 is 5.15. The first-order valence-electron chi connectivity index (χ1n) is 8.78. The number of amides is 1. The van der Waals surface area contributed by atoms with Crippen LogP contribution in [0.3, 0.4) is 0 Å². The first kappa shape index (κ1) is 18.4. The Morgan fingerprint density at radius 2 is 1.74 bits per heavy atom. The number of carbonyl (C=O) groups is 1. The van der Waals surface area contributed by atoms with E-state index in [9.17, 15) is 4.79 Å². The van der Waals surface area contributed by atoms with Crippen LogP contribution in [0.25, 0.3) is 0 Å². The van der Waals surface area contributed by atoms with Crippen molar-refractivity contribution in [1.82, 2.24) is 10.2 Å². The second-order valence-electron chi connectivity index (χ2n) is 5.89. The Labute approximate surface area is 158 Å². The van der Waals surface area contributed by atoms with Gasteiger partial charge in [0.1, 0.15) is 11.6 Å². The van der Waals surface area contributed by atoms with Crippen molar-refractivity contribution in [3.63, 3.8) is 0 Å². The third kappa shape index (κ3) is 4.61. The molecule has 0 aliphatic carbocycles. The van der Waals surface area contributed by atoms with Gasteiger partial charge in [0.25, 0.3) is 5.91 Å². The van der Waals surface area contributed by atoms with Crippen LogP contribution in [0.2, 0.25) is 0 Å². The third-order valence-corrected chi connectivity index (χ3v) is 4.15. The second kappa shape index (κ2) is 8.80. The highest BCUT2D eigenvalue weighted by Gasteiger charge is 2.17. The fraction of sp³-hybridized carbons (Fsp3) is 0.190. The van der Waals surface area contributed by atoms with Crippen molar-refractivity contribution in [2.75, 3.05) is 23.9 Å². The van der Waals surface area contributed by atoms with E-state index in [0.717, 1.165) is 17.0 Å². The molecule has 0 aliphatic rings. The standard InChI is InChI=1S/C21H22N4O2/c1-3-25(17-7-5-4-6-8-17)21(26)19-13-14-20(24-23-19)22-15-16-9-11-18(27-2)12-10-16/h4-14H,3,15H2,1-2H3,(H,22,24). The van der Waals surface area contributed by atoms with Gasteiger partial charge in [0, 0.05) is 18.8 Å². The van der Waals surface area contributed by atoms with Gasteiger partial charge in [-0.05, 0) is 48.9 Å². The number of hydrogen-bond donors (Lipinski definition) is 1. The van der Waals surface area contributed by atoms with Crippen molar-refractivity contribution in [2.24, 2.45) is 0 Å². The number of rotatable bonds is 7. The molecule has 1 N–H and O–H groups in total. The molecule has 3 rings (SSSR count). The Morgan fingerprint density at radius 3 is 2.33 bits per heavy atom. The van der Waals surface area contributed by atoms with Gasteiger partial charge >= 0.3 is 0 Å². The predicted octanol–water partition coefficient (Wildman–Crippen LogP) is 3.76. The molecule has 0 saturated heterocycles. The average Bonchev–Trinajstić information content (AvgIpc) is 2.74. The SMILES string of the molecule is CCN(C(=O)c1ccc(NCc2ccc(OC)cc2)nn1)c1ccccc1. The quantitative estimate of drug-likeness (QED) is 0.693. The zero-order chi connectivity index (χ0) is 19.1. The third-order valence-electron chi connectivity index (χ3n) is 4.15. The van der Waals surface area contributed by atoms with Crippen molar-refractivity contribution in [2.45, 2.75) is 13.5 Å². The molecule has 1 aromatic heterocycles. The minimum atomic E-state index is -0.169. The van der Waals surface area contributed by atoms with Crippen LogP contribution >= 0.6 is 0 Å². The molecular weight excluding hydrogens is 340 g/mol. The largest absolute Gasteiger partial charge is 0.497 e. The second-order valence-corrected chi connectivity index (χ2v) is 5.89. The van der Waals surface area contributed by atoms with Crippen LogP contribution in [0.4, 0.5) is 11.5 Å². The molecule has 138 valence electrons. The van der Waals surface area contributed by atoms with Crippen molar-refractivity contribution >= 4 is 17.4 Å². The van der Waals surface area contributed by atoms with E-state index < -0.39 is 0 Å². The number of methoxy groups -OCH3 is 1. The van der Waals surface area contributed by atoms with Gasteiger partial charge in [0.05, 0.1) is 7.11 Å². The summed E-state index contributed by atoms with van der Waals surface area (Å²) in [5.74, 6) is 1.27. The first-order chi connectivity index (χ1) is 13.2. The van der Waals surface area contributed by atoms with Crippen LogP contribution in [0.15, 0.2) is 66.7 Å². The van der Waals surface area contributed by atoms with Gasteiger partial charge in [-0.25, -0.2) is 0 Å². The normalized spacial score (nSPS) is 10.3. The van der Waals surface area contributed by atoms with Gasteiger partial charge in [-0.15, -0.1) is 10.2 Å². The first-order valence-corrected chi connectivity index (χ1v) is 8.78. The number of hydrogen-bond acceptors (Lipinski definition) is 5. The molecule has 0 saturated carbocycles. The van der Waals surface area contributed by atoms with Crippen molar-refractivity contribution in [3.8, 4) is 5.75 Å². The molecule has 6 heteroatoms. The topological polar surface area (TPSA) is 67.4 Å². The minimum Gasteiger partial charge on any atom is -0.497 e. The smallest absolute Gasteiger partial charge is 0.278 e. The molecule has 0 atom stereocenters. The van der Waals surface area contributed by atoms with Crippen molar-refractivity contribution < 1.29 is 9.53 Å². The van der Waals surface area contributed by atoms with E-state index in [-0.39, 0.29) is 5.91 Å². The number of anilines is 2. The average molecular weight is 362 g/mol. The van der Waals surface area contributed by atoms with Gasteiger partial charge in [-0.3, -0.25) is 4.79 Å². The molecule has 0 aliphatic heterocycles. The monoisotopic (exact) mass is 362 g/mol. The maximum atomic E-state index is 12.7. The summed E-state index contributed by atoms with van der Waals surface area (Å²) in [6, 6.07) is 20.8. The lowest BCUT2D eigenvalue weighted by Gasteiger charge is -2.20. The number of nitrogens with zero attached hydrogens (tertiary/aromatic N) is 3. The highest BCUT2D eigenvalue weighted by atomic mass is 16.5. The Bertz CT molecular complexity index is 865. The fourth-order valence-electron chi connectivity index (χ4n) is 2.67. The molecule has 1 amide bonds. The van der Waals surface area contributed by atoms with Gasteiger partial charge in [0.15, 0.2) is 5.69 Å². The van der Waals surface area contributed by atoms with E-state index in [1.165, 1.54) is 0 Å². The number of nitrogens with one attached hydrogen (secondary N) is 1. The number of aromatic nitrogens is 2. The van der Waals surface area contributed by atoms with E-state index in [1.54, 1.807) is 24.1 Å². The predicted molar refractivity (Wildman–Crippen MR) is 106 cm³/mol. The van der Waals surface area contributed by atoms with Crippen LogP contribution < -0.4 is 15.0 Å². The van der Waals surface area contributed by atoms with E-state index >= 15 is 0 Å².